The molecule has 1 aromatic carbocycles. The van der Waals surface area contributed by atoms with E-state index >= 15 is 0 Å². The smallest absolute Gasteiger partial charge is 0.228 e. The van der Waals surface area contributed by atoms with Crippen LogP contribution in [0.3, 0.4) is 0 Å². The summed E-state index contributed by atoms with van der Waals surface area (Å²) in [4.78, 5) is 36.8. The largest absolute Gasteiger partial charge is 0.444 e. The van der Waals surface area contributed by atoms with Gasteiger partial charge in [0.2, 0.25) is 5.89 Å². The van der Waals surface area contributed by atoms with Crippen LogP contribution in [0.1, 0.15) is 0 Å². The number of aromatic amines is 1. The van der Waals surface area contributed by atoms with Crippen molar-refractivity contribution in [3.05, 3.63) is 79.3 Å². The number of imidazole rings is 2. The summed E-state index contributed by atoms with van der Waals surface area (Å²) in [6, 6.07) is 7.66. The van der Waals surface area contributed by atoms with Crippen LogP contribution in [0.2, 0.25) is 0 Å². The first-order chi connectivity index (χ1) is 20.9. The molecule has 13 heteroatoms. The van der Waals surface area contributed by atoms with Gasteiger partial charge in [-0.1, -0.05) is 6.07 Å². The number of oxazole rings is 1. The first-order valence-electron chi connectivity index (χ1n) is 13.4. The molecule has 0 aliphatic carbocycles. The Kier molecular flexibility index (Phi) is 6.00. The highest BCUT2D eigenvalue weighted by molar-refractivity contribution is 7.13. The normalized spacial score (nSPS) is 13.7. The van der Waals surface area contributed by atoms with E-state index in [4.69, 9.17) is 24.4 Å². The van der Waals surface area contributed by atoms with E-state index in [1.54, 1.807) is 55.7 Å². The van der Waals surface area contributed by atoms with Crippen LogP contribution in [0, 0.1) is 0 Å². The van der Waals surface area contributed by atoms with Crippen molar-refractivity contribution in [1.82, 2.24) is 49.9 Å². The number of nitrogens with zero attached hydrogens (tertiary/aromatic N) is 9. The molecule has 2 N–H and O–H groups in total. The number of hydrogen-bond acceptors (Lipinski definition) is 11. The van der Waals surface area contributed by atoms with Gasteiger partial charge in [0.05, 0.1) is 17.5 Å². The van der Waals surface area contributed by atoms with Gasteiger partial charge in [-0.3, -0.25) is 4.98 Å². The maximum atomic E-state index is 6.06. The van der Waals surface area contributed by atoms with E-state index in [0.29, 0.717) is 28.9 Å². The quantitative estimate of drug-likeness (QED) is 0.297. The molecule has 0 bridgehead atoms. The van der Waals surface area contributed by atoms with Gasteiger partial charge in [0.25, 0.3) is 0 Å². The molecule has 1 aliphatic heterocycles. The lowest BCUT2D eigenvalue weighted by molar-refractivity contribution is 0.500. The van der Waals surface area contributed by atoms with E-state index in [-0.39, 0.29) is 0 Å². The van der Waals surface area contributed by atoms with Crippen molar-refractivity contribution < 1.29 is 4.42 Å². The van der Waals surface area contributed by atoms with E-state index in [1.165, 1.54) is 11.3 Å². The molecule has 0 amide bonds. The molecule has 12 nitrogen and oxygen atoms in total. The van der Waals surface area contributed by atoms with Crippen LogP contribution in [-0.4, -0.2) is 70.7 Å². The van der Waals surface area contributed by atoms with Crippen LogP contribution in [-0.2, 0) is 0 Å². The number of pyridine rings is 1. The number of rotatable bonds is 6. The summed E-state index contributed by atoms with van der Waals surface area (Å²) in [5.41, 5.74) is 5.46. The third-order valence-electron chi connectivity index (χ3n) is 7.17. The molecule has 1 fully saturated rings. The number of thiazole rings is 1. The van der Waals surface area contributed by atoms with Crippen molar-refractivity contribution in [2.75, 3.05) is 31.2 Å². The lowest BCUT2D eigenvalue weighted by atomic mass is 9.91. The Morgan fingerprint density at radius 1 is 0.786 bits per heavy atom. The van der Waals surface area contributed by atoms with Gasteiger partial charge in [0.15, 0.2) is 11.6 Å². The fourth-order valence-electron chi connectivity index (χ4n) is 5.50. The van der Waals surface area contributed by atoms with Gasteiger partial charge in [0.1, 0.15) is 28.1 Å². The van der Waals surface area contributed by atoms with Crippen molar-refractivity contribution in [3.63, 3.8) is 0 Å². The number of benzene rings is 1. The Morgan fingerprint density at radius 3 is 2.38 bits per heavy atom. The third-order valence-corrected chi connectivity index (χ3v) is 7.96. The highest BCUT2D eigenvalue weighted by Gasteiger charge is 2.34. The van der Waals surface area contributed by atoms with E-state index < -0.39 is 0 Å². The summed E-state index contributed by atoms with van der Waals surface area (Å²) in [7, 11) is 0. The Balaban J connectivity index is 1.63. The zero-order valence-electron chi connectivity index (χ0n) is 22.2. The number of hydrogen-bond donors (Lipinski definition) is 2. The minimum Gasteiger partial charge on any atom is -0.444 e. The highest BCUT2D eigenvalue weighted by Crippen LogP contribution is 2.50. The van der Waals surface area contributed by atoms with Gasteiger partial charge in [-0.25, -0.2) is 34.6 Å². The molecule has 0 spiro atoms. The predicted molar refractivity (Wildman–Crippen MR) is 159 cm³/mol. The van der Waals surface area contributed by atoms with Crippen molar-refractivity contribution in [1.29, 1.82) is 0 Å². The monoisotopic (exact) mass is 573 g/mol. The van der Waals surface area contributed by atoms with Gasteiger partial charge >= 0.3 is 0 Å². The zero-order valence-corrected chi connectivity index (χ0v) is 23.0. The maximum Gasteiger partial charge on any atom is 0.228 e. The van der Waals surface area contributed by atoms with E-state index in [2.05, 4.69) is 34.9 Å². The number of aromatic nitrogens is 9. The Hall–Kier alpha value is -5.27. The van der Waals surface area contributed by atoms with Gasteiger partial charge in [-0.15, -0.1) is 11.3 Å². The first-order valence-corrected chi connectivity index (χ1v) is 14.3. The molecule has 1 saturated heterocycles. The molecule has 0 unspecified atom stereocenters. The molecular formula is C29H23N11OS. The average Bonchev–Trinajstić information content (AvgIpc) is 3.88. The van der Waals surface area contributed by atoms with E-state index in [1.807, 2.05) is 23.6 Å². The van der Waals surface area contributed by atoms with Gasteiger partial charge in [-0.2, -0.15) is 0 Å². The summed E-state index contributed by atoms with van der Waals surface area (Å²) in [5.74, 6) is 2.22. The number of piperazine rings is 1. The lowest BCUT2D eigenvalue weighted by Crippen LogP contribution is -2.49. The highest BCUT2D eigenvalue weighted by atomic mass is 32.1. The minimum atomic E-state index is 0.447. The summed E-state index contributed by atoms with van der Waals surface area (Å²) in [5, 5.41) is 8.48. The fraction of sp³-hybridized carbons (Fsp3) is 0.138. The summed E-state index contributed by atoms with van der Waals surface area (Å²) < 4.78 is 8.18. The van der Waals surface area contributed by atoms with Gasteiger partial charge in [-0.05, 0) is 18.2 Å². The van der Waals surface area contributed by atoms with Crippen LogP contribution in [0.25, 0.3) is 67.4 Å². The summed E-state index contributed by atoms with van der Waals surface area (Å²) in [6.07, 6.45) is 13.8. The second kappa shape index (κ2) is 10.3. The standard InChI is InChI=1S/C29H23N11OS/c1-2-5-31-18(4-1)19-20(25-34-8-9-35-25)21(29-37-13-17-42-29)22(28-36-12-16-41-28)24-23(19)38-27(26-32-6-3-7-33-26)40(24)39-14-10-30-11-15-39/h1-9,12-13,16-17,30H,10-11,14-15H2,(H,34,35). The fourth-order valence-corrected chi connectivity index (χ4v) is 6.19. The van der Waals surface area contributed by atoms with Crippen molar-refractivity contribution in [3.8, 4) is 56.3 Å². The Morgan fingerprint density at radius 2 is 1.67 bits per heavy atom. The topological polar surface area (TPSA) is 139 Å². The molecule has 0 atom stereocenters. The third kappa shape index (κ3) is 3.97. The summed E-state index contributed by atoms with van der Waals surface area (Å²) in [6.45, 7) is 3.14. The molecule has 206 valence electrons. The molecule has 7 heterocycles. The molecule has 0 radical (unpaired) electrons. The van der Waals surface area contributed by atoms with Gasteiger partial charge in [0, 0.05) is 85.4 Å². The minimum absolute atomic E-state index is 0.447. The number of nitrogens with one attached hydrogen (secondary N) is 2. The van der Waals surface area contributed by atoms with Crippen LogP contribution >= 0.6 is 11.3 Å². The van der Waals surface area contributed by atoms with E-state index in [0.717, 1.165) is 64.7 Å². The number of H-pyrrole nitrogens is 1. The number of fused-ring (bicyclic) bond motifs is 1. The van der Waals surface area contributed by atoms with Crippen molar-refractivity contribution >= 4 is 22.4 Å². The SMILES string of the molecule is c1ccc(-c2c(-c3ncc[nH]3)c(-c3nccs3)c(-c3ncco3)c3c2nc(-c2ncccn2)n3N2CCNCC2)nc1. The van der Waals surface area contributed by atoms with Crippen molar-refractivity contribution in [2.45, 2.75) is 0 Å². The molecule has 42 heavy (non-hydrogen) atoms. The van der Waals surface area contributed by atoms with Crippen LogP contribution < -0.4 is 10.3 Å². The molecule has 1 aliphatic rings. The predicted octanol–water partition coefficient (Wildman–Crippen LogP) is 4.27. The molecule has 8 rings (SSSR count). The average molecular weight is 574 g/mol. The lowest BCUT2D eigenvalue weighted by Gasteiger charge is -2.32. The Bertz CT molecular complexity index is 1950. The molecular weight excluding hydrogens is 550 g/mol. The Labute approximate surface area is 243 Å². The zero-order chi connectivity index (χ0) is 27.9. The maximum absolute atomic E-state index is 6.06. The van der Waals surface area contributed by atoms with Crippen molar-refractivity contribution in [2.24, 2.45) is 0 Å². The molecule has 6 aromatic heterocycles. The summed E-state index contributed by atoms with van der Waals surface area (Å²) >= 11 is 1.54. The second-order valence-corrected chi connectivity index (χ2v) is 10.4. The first kappa shape index (κ1) is 24.5. The second-order valence-electron chi connectivity index (χ2n) is 9.55. The molecule has 7 aromatic rings. The van der Waals surface area contributed by atoms with Gasteiger partial charge < -0.3 is 19.7 Å². The van der Waals surface area contributed by atoms with Crippen LogP contribution in [0.4, 0.5) is 0 Å². The van der Waals surface area contributed by atoms with Crippen LogP contribution in [0.15, 0.2) is 83.7 Å². The van der Waals surface area contributed by atoms with E-state index in [9.17, 15) is 0 Å². The van der Waals surface area contributed by atoms with Crippen LogP contribution in [0.5, 0.6) is 0 Å². The molecule has 0 saturated carbocycles.